The number of hydroxylamine groups is 1. The summed E-state index contributed by atoms with van der Waals surface area (Å²) >= 11 is 1.67. The van der Waals surface area contributed by atoms with Gasteiger partial charge in [-0.15, -0.1) is 11.3 Å². The summed E-state index contributed by atoms with van der Waals surface area (Å²) in [5.41, 5.74) is 0. The normalized spacial score (nSPS) is 16.6. The molecular formula is C7H7NOS. The maximum atomic E-state index is 5.23. The first-order valence-electron chi connectivity index (χ1n) is 3.09. The minimum atomic E-state index is 0.692. The van der Waals surface area contributed by atoms with Gasteiger partial charge in [0.1, 0.15) is 5.00 Å². The first kappa shape index (κ1) is 5.95. The zero-order valence-corrected chi connectivity index (χ0v) is 6.17. The van der Waals surface area contributed by atoms with Crippen molar-refractivity contribution in [3.63, 3.8) is 0 Å². The quantitative estimate of drug-likeness (QED) is 0.612. The van der Waals surface area contributed by atoms with Crippen LogP contribution in [0.25, 0.3) is 0 Å². The molecule has 0 unspecified atom stereocenters. The van der Waals surface area contributed by atoms with Crippen LogP contribution in [-0.4, -0.2) is 6.61 Å². The first-order chi connectivity index (χ1) is 4.97. The van der Waals surface area contributed by atoms with Gasteiger partial charge < -0.3 is 0 Å². The summed E-state index contributed by atoms with van der Waals surface area (Å²) in [6.07, 6.45) is 3.92. The van der Waals surface area contributed by atoms with E-state index in [2.05, 4.69) is 0 Å². The molecule has 0 saturated carbocycles. The summed E-state index contributed by atoms with van der Waals surface area (Å²) in [6, 6.07) is 4.04. The summed E-state index contributed by atoms with van der Waals surface area (Å²) in [4.78, 5) is 5.23. The van der Waals surface area contributed by atoms with Gasteiger partial charge in [-0.25, -0.2) is 5.06 Å². The molecule has 2 rings (SSSR count). The molecule has 0 aromatic carbocycles. The lowest BCUT2D eigenvalue weighted by Gasteiger charge is -2.09. The molecule has 52 valence electrons. The highest BCUT2D eigenvalue weighted by atomic mass is 32.1. The lowest BCUT2D eigenvalue weighted by atomic mass is 10.6. The zero-order chi connectivity index (χ0) is 6.81. The average molecular weight is 153 g/mol. The summed E-state index contributed by atoms with van der Waals surface area (Å²) in [6.45, 7) is 0.692. The Hall–Kier alpha value is -0.800. The monoisotopic (exact) mass is 153 g/mol. The van der Waals surface area contributed by atoms with Crippen LogP contribution < -0.4 is 5.06 Å². The maximum absolute atomic E-state index is 5.23. The van der Waals surface area contributed by atoms with Gasteiger partial charge in [-0.05, 0) is 23.6 Å². The highest BCUT2D eigenvalue weighted by Gasteiger charge is 2.06. The van der Waals surface area contributed by atoms with Crippen molar-refractivity contribution in [2.24, 2.45) is 0 Å². The van der Waals surface area contributed by atoms with Crippen LogP contribution >= 0.6 is 11.3 Å². The Balaban J connectivity index is 2.20. The topological polar surface area (TPSA) is 12.5 Å². The van der Waals surface area contributed by atoms with Gasteiger partial charge in [-0.1, -0.05) is 0 Å². The van der Waals surface area contributed by atoms with E-state index in [9.17, 15) is 0 Å². The van der Waals surface area contributed by atoms with Gasteiger partial charge in [0, 0.05) is 6.20 Å². The molecule has 1 aromatic rings. The van der Waals surface area contributed by atoms with Crippen molar-refractivity contribution in [1.29, 1.82) is 0 Å². The van der Waals surface area contributed by atoms with Crippen LogP contribution in [0, 0.1) is 0 Å². The number of anilines is 1. The van der Waals surface area contributed by atoms with Crippen LogP contribution in [0.1, 0.15) is 0 Å². The van der Waals surface area contributed by atoms with E-state index in [4.69, 9.17) is 4.84 Å². The van der Waals surface area contributed by atoms with Crippen LogP contribution in [0.4, 0.5) is 5.00 Å². The highest BCUT2D eigenvalue weighted by molar-refractivity contribution is 7.14. The molecule has 0 saturated heterocycles. The molecule has 2 nitrogen and oxygen atoms in total. The predicted molar refractivity (Wildman–Crippen MR) is 41.9 cm³/mol. The van der Waals surface area contributed by atoms with Crippen molar-refractivity contribution in [2.45, 2.75) is 0 Å². The standard InChI is InChI=1S/C7H7NOS/c1-3-7(10-6-1)8-4-2-5-9-8/h1-4,6H,5H2. The molecule has 0 bridgehead atoms. The number of hydrogen-bond acceptors (Lipinski definition) is 3. The van der Waals surface area contributed by atoms with Gasteiger partial charge in [-0.3, -0.25) is 4.84 Å². The van der Waals surface area contributed by atoms with E-state index in [1.54, 1.807) is 16.4 Å². The number of thiophene rings is 1. The van der Waals surface area contributed by atoms with E-state index >= 15 is 0 Å². The van der Waals surface area contributed by atoms with Gasteiger partial charge in [0.25, 0.3) is 0 Å². The minimum absolute atomic E-state index is 0.692. The van der Waals surface area contributed by atoms with Gasteiger partial charge in [0.05, 0.1) is 6.61 Å². The largest absolute Gasteiger partial charge is 0.264 e. The van der Waals surface area contributed by atoms with Crippen molar-refractivity contribution in [1.82, 2.24) is 0 Å². The smallest absolute Gasteiger partial charge is 0.121 e. The first-order valence-corrected chi connectivity index (χ1v) is 3.97. The Morgan fingerprint density at radius 2 is 2.60 bits per heavy atom. The molecule has 3 heteroatoms. The van der Waals surface area contributed by atoms with Gasteiger partial charge in [0.2, 0.25) is 0 Å². The maximum Gasteiger partial charge on any atom is 0.121 e. The Morgan fingerprint density at radius 1 is 1.60 bits per heavy atom. The van der Waals surface area contributed by atoms with Crippen LogP contribution in [0.15, 0.2) is 29.8 Å². The molecule has 2 heterocycles. The third kappa shape index (κ3) is 0.936. The highest BCUT2D eigenvalue weighted by Crippen LogP contribution is 2.23. The minimum Gasteiger partial charge on any atom is -0.264 e. The molecule has 1 aromatic heterocycles. The summed E-state index contributed by atoms with van der Waals surface area (Å²) in [5.74, 6) is 0. The van der Waals surface area contributed by atoms with Gasteiger partial charge >= 0.3 is 0 Å². The molecule has 0 N–H and O–H groups in total. The molecule has 0 atom stereocenters. The van der Waals surface area contributed by atoms with E-state index in [0.717, 1.165) is 5.00 Å². The molecule has 1 aliphatic rings. The SMILES string of the molecule is C1=CN(c2cccs2)OC1. The summed E-state index contributed by atoms with van der Waals surface area (Å²) in [7, 11) is 0. The fourth-order valence-corrected chi connectivity index (χ4v) is 1.51. The number of hydrogen-bond donors (Lipinski definition) is 0. The lowest BCUT2D eigenvalue weighted by molar-refractivity contribution is 0.181. The third-order valence-electron chi connectivity index (χ3n) is 1.27. The molecule has 0 aliphatic carbocycles. The van der Waals surface area contributed by atoms with Gasteiger partial charge in [0.15, 0.2) is 0 Å². The third-order valence-corrected chi connectivity index (χ3v) is 2.12. The van der Waals surface area contributed by atoms with Crippen molar-refractivity contribution in [2.75, 3.05) is 11.7 Å². The van der Waals surface area contributed by atoms with Gasteiger partial charge in [-0.2, -0.15) is 0 Å². The summed E-state index contributed by atoms with van der Waals surface area (Å²) < 4.78 is 0. The average Bonchev–Trinajstić information content (AvgIpc) is 2.59. The Kier molecular flexibility index (Phi) is 1.45. The van der Waals surface area contributed by atoms with E-state index < -0.39 is 0 Å². The van der Waals surface area contributed by atoms with Crippen LogP contribution in [-0.2, 0) is 4.84 Å². The molecule has 0 spiro atoms. The Bertz CT molecular complexity index is 230. The fraction of sp³-hybridized carbons (Fsp3) is 0.143. The lowest BCUT2D eigenvalue weighted by Crippen LogP contribution is -2.08. The molecule has 10 heavy (non-hydrogen) atoms. The van der Waals surface area contributed by atoms with E-state index in [1.807, 2.05) is 29.8 Å². The van der Waals surface area contributed by atoms with E-state index in [1.165, 1.54) is 0 Å². The van der Waals surface area contributed by atoms with Crippen molar-refractivity contribution in [3.05, 3.63) is 29.8 Å². The fourth-order valence-electron chi connectivity index (χ4n) is 0.838. The van der Waals surface area contributed by atoms with Crippen molar-refractivity contribution in [3.8, 4) is 0 Å². The second kappa shape index (κ2) is 2.44. The number of rotatable bonds is 1. The second-order valence-corrected chi connectivity index (χ2v) is 2.88. The van der Waals surface area contributed by atoms with Crippen molar-refractivity contribution < 1.29 is 4.84 Å². The van der Waals surface area contributed by atoms with Crippen LogP contribution in [0.2, 0.25) is 0 Å². The second-order valence-electron chi connectivity index (χ2n) is 1.96. The predicted octanol–water partition coefficient (Wildman–Crippen LogP) is 2.01. The molecule has 0 amide bonds. The molecule has 0 fully saturated rings. The zero-order valence-electron chi connectivity index (χ0n) is 5.36. The van der Waals surface area contributed by atoms with Crippen molar-refractivity contribution >= 4 is 16.3 Å². The summed E-state index contributed by atoms with van der Waals surface area (Å²) in [5, 5.41) is 4.95. The Morgan fingerprint density at radius 3 is 3.20 bits per heavy atom. The van der Waals surface area contributed by atoms with Crippen LogP contribution in [0.3, 0.4) is 0 Å². The molecule has 0 radical (unpaired) electrons. The number of nitrogens with zero attached hydrogens (tertiary/aromatic N) is 1. The van der Waals surface area contributed by atoms with Crippen LogP contribution in [0.5, 0.6) is 0 Å². The van der Waals surface area contributed by atoms with E-state index in [-0.39, 0.29) is 0 Å². The molecular weight excluding hydrogens is 146 g/mol. The Labute approximate surface area is 63.3 Å². The van der Waals surface area contributed by atoms with E-state index in [0.29, 0.717) is 6.61 Å². The molecule has 1 aliphatic heterocycles.